The summed E-state index contributed by atoms with van der Waals surface area (Å²) < 4.78 is 7.02. The van der Waals surface area contributed by atoms with Gasteiger partial charge in [-0.1, -0.05) is 6.07 Å². The summed E-state index contributed by atoms with van der Waals surface area (Å²) in [5.74, 6) is 0.567. The molecule has 0 bridgehead atoms. The highest BCUT2D eigenvalue weighted by molar-refractivity contribution is 5.45. The first-order chi connectivity index (χ1) is 8.76. The van der Waals surface area contributed by atoms with Crippen molar-refractivity contribution in [2.75, 3.05) is 7.11 Å². The zero-order valence-electron chi connectivity index (χ0n) is 10.00. The Kier molecular flexibility index (Phi) is 3.60. The third kappa shape index (κ3) is 2.50. The van der Waals surface area contributed by atoms with Crippen LogP contribution in [-0.4, -0.2) is 21.8 Å². The molecule has 0 aliphatic rings. The Morgan fingerprint density at radius 2 is 2.33 bits per heavy atom. The highest BCUT2D eigenvalue weighted by Crippen LogP contribution is 2.19. The van der Waals surface area contributed by atoms with Gasteiger partial charge in [-0.3, -0.25) is 0 Å². The molecule has 0 amide bonds. The monoisotopic (exact) mass is 243 g/mol. The lowest BCUT2D eigenvalue weighted by Crippen LogP contribution is -1.98. The van der Waals surface area contributed by atoms with Gasteiger partial charge in [0.2, 0.25) is 0 Å². The number of hydrogen-bond acceptors (Lipinski definition) is 4. The molecule has 0 radical (unpaired) electrons. The molecule has 92 valence electrons. The van der Waals surface area contributed by atoms with Crippen LogP contribution in [0.1, 0.15) is 16.8 Å². The second-order valence-corrected chi connectivity index (χ2v) is 3.84. The number of aliphatic hydroxyl groups excluding tert-OH is 1. The quantitative estimate of drug-likeness (QED) is 0.878. The molecule has 0 saturated carbocycles. The van der Waals surface area contributed by atoms with E-state index >= 15 is 0 Å². The van der Waals surface area contributed by atoms with Crippen molar-refractivity contribution in [1.82, 2.24) is 9.55 Å². The molecule has 18 heavy (non-hydrogen) atoms. The first-order valence-corrected chi connectivity index (χ1v) is 5.45. The number of aromatic nitrogens is 2. The normalized spacial score (nSPS) is 10.1. The van der Waals surface area contributed by atoms with Gasteiger partial charge in [-0.15, -0.1) is 0 Å². The molecule has 2 aromatic rings. The van der Waals surface area contributed by atoms with E-state index in [9.17, 15) is 0 Å². The minimum Gasteiger partial charge on any atom is -0.495 e. The SMILES string of the molecule is COc1cc(Cn2cnc(CO)c2)ccc1C#N. The maximum Gasteiger partial charge on any atom is 0.136 e. The topological polar surface area (TPSA) is 71.1 Å². The van der Waals surface area contributed by atoms with E-state index in [0.29, 0.717) is 23.6 Å². The molecular formula is C13H13N3O2. The Labute approximate surface area is 105 Å². The van der Waals surface area contributed by atoms with Gasteiger partial charge in [-0.2, -0.15) is 5.26 Å². The molecule has 1 aromatic heterocycles. The first kappa shape index (κ1) is 12.1. The van der Waals surface area contributed by atoms with E-state index in [1.165, 1.54) is 0 Å². The summed E-state index contributed by atoms with van der Waals surface area (Å²) >= 11 is 0. The fourth-order valence-corrected chi connectivity index (χ4v) is 1.71. The smallest absolute Gasteiger partial charge is 0.136 e. The van der Waals surface area contributed by atoms with Gasteiger partial charge < -0.3 is 14.4 Å². The van der Waals surface area contributed by atoms with Crippen LogP contribution in [0.3, 0.4) is 0 Å². The summed E-state index contributed by atoms with van der Waals surface area (Å²) in [7, 11) is 1.54. The Morgan fingerprint density at radius 1 is 1.50 bits per heavy atom. The molecule has 0 saturated heterocycles. The van der Waals surface area contributed by atoms with Crippen LogP contribution in [0.25, 0.3) is 0 Å². The maximum absolute atomic E-state index is 8.94. The van der Waals surface area contributed by atoms with Crippen LogP contribution < -0.4 is 4.74 Å². The predicted octanol–water partition coefficient (Wildman–Crippen LogP) is 1.30. The van der Waals surface area contributed by atoms with E-state index in [1.807, 2.05) is 16.7 Å². The Bertz CT molecular complexity index is 584. The largest absolute Gasteiger partial charge is 0.495 e. The van der Waals surface area contributed by atoms with Crippen molar-refractivity contribution in [1.29, 1.82) is 5.26 Å². The fraction of sp³-hybridized carbons (Fsp3) is 0.231. The van der Waals surface area contributed by atoms with Gasteiger partial charge in [0.1, 0.15) is 11.8 Å². The Balaban J connectivity index is 2.22. The van der Waals surface area contributed by atoms with Crippen molar-refractivity contribution in [3.63, 3.8) is 0 Å². The first-order valence-electron chi connectivity index (χ1n) is 5.45. The molecule has 0 spiro atoms. The number of hydrogen-bond donors (Lipinski definition) is 1. The van der Waals surface area contributed by atoms with Gasteiger partial charge in [0.05, 0.1) is 31.3 Å². The zero-order chi connectivity index (χ0) is 13.0. The van der Waals surface area contributed by atoms with Gasteiger partial charge in [0.15, 0.2) is 0 Å². The van der Waals surface area contributed by atoms with Gasteiger partial charge in [0.25, 0.3) is 0 Å². The highest BCUT2D eigenvalue weighted by atomic mass is 16.5. The molecule has 5 nitrogen and oxygen atoms in total. The van der Waals surface area contributed by atoms with Crippen LogP contribution in [0, 0.1) is 11.3 Å². The molecule has 1 aromatic carbocycles. The minimum atomic E-state index is -0.0658. The van der Waals surface area contributed by atoms with Crippen LogP contribution in [0.5, 0.6) is 5.75 Å². The van der Waals surface area contributed by atoms with Crippen LogP contribution in [0.15, 0.2) is 30.7 Å². The molecule has 1 heterocycles. The number of benzene rings is 1. The minimum absolute atomic E-state index is 0.0658. The Morgan fingerprint density at radius 3 is 2.94 bits per heavy atom. The van der Waals surface area contributed by atoms with E-state index in [-0.39, 0.29) is 6.61 Å². The van der Waals surface area contributed by atoms with Crippen LogP contribution in [0.2, 0.25) is 0 Å². The zero-order valence-corrected chi connectivity index (χ0v) is 10.00. The molecule has 1 N–H and O–H groups in total. The molecule has 0 aliphatic carbocycles. The second-order valence-electron chi connectivity index (χ2n) is 3.84. The van der Waals surface area contributed by atoms with Gasteiger partial charge in [-0.05, 0) is 17.7 Å². The van der Waals surface area contributed by atoms with Crippen molar-refractivity contribution in [3.05, 3.63) is 47.5 Å². The average molecular weight is 243 g/mol. The average Bonchev–Trinajstić information content (AvgIpc) is 2.86. The number of nitrogens with zero attached hydrogens (tertiary/aromatic N) is 3. The molecule has 0 atom stereocenters. The lowest BCUT2D eigenvalue weighted by molar-refractivity contribution is 0.277. The van der Waals surface area contributed by atoms with Crippen molar-refractivity contribution < 1.29 is 9.84 Å². The van der Waals surface area contributed by atoms with Crippen molar-refractivity contribution >= 4 is 0 Å². The summed E-state index contributed by atoms with van der Waals surface area (Å²) in [4.78, 5) is 4.04. The third-order valence-electron chi connectivity index (χ3n) is 2.60. The molecule has 0 fully saturated rings. The molecule has 5 heteroatoms. The summed E-state index contributed by atoms with van der Waals surface area (Å²) in [6.07, 6.45) is 3.45. The van der Waals surface area contributed by atoms with Crippen molar-refractivity contribution in [2.45, 2.75) is 13.2 Å². The maximum atomic E-state index is 8.94. The summed E-state index contributed by atoms with van der Waals surface area (Å²) in [5, 5.41) is 17.8. The lowest BCUT2D eigenvalue weighted by atomic mass is 10.1. The number of ether oxygens (including phenoxy) is 1. The number of rotatable bonds is 4. The highest BCUT2D eigenvalue weighted by Gasteiger charge is 2.04. The van der Waals surface area contributed by atoms with E-state index in [4.69, 9.17) is 15.1 Å². The van der Waals surface area contributed by atoms with E-state index in [1.54, 1.807) is 25.7 Å². The fourth-order valence-electron chi connectivity index (χ4n) is 1.71. The number of aliphatic hydroxyl groups is 1. The van der Waals surface area contributed by atoms with Gasteiger partial charge in [-0.25, -0.2) is 4.98 Å². The standard InChI is InChI=1S/C13H13N3O2/c1-18-13-4-10(2-3-11(13)5-14)6-16-7-12(8-17)15-9-16/h2-4,7,9,17H,6,8H2,1H3. The van der Waals surface area contributed by atoms with E-state index < -0.39 is 0 Å². The van der Waals surface area contributed by atoms with Gasteiger partial charge in [0, 0.05) is 12.7 Å². The van der Waals surface area contributed by atoms with Crippen molar-refractivity contribution in [2.24, 2.45) is 0 Å². The summed E-state index contributed by atoms with van der Waals surface area (Å²) in [6.45, 7) is 0.554. The number of nitriles is 1. The molecule has 0 unspecified atom stereocenters. The van der Waals surface area contributed by atoms with Crippen LogP contribution >= 0.6 is 0 Å². The molecule has 2 rings (SSSR count). The second kappa shape index (κ2) is 5.34. The summed E-state index contributed by atoms with van der Waals surface area (Å²) in [5.41, 5.74) is 2.16. The van der Waals surface area contributed by atoms with Crippen molar-refractivity contribution in [3.8, 4) is 11.8 Å². The van der Waals surface area contributed by atoms with E-state index in [0.717, 1.165) is 5.56 Å². The van der Waals surface area contributed by atoms with Gasteiger partial charge >= 0.3 is 0 Å². The lowest BCUT2D eigenvalue weighted by Gasteiger charge is -2.06. The Hall–Kier alpha value is -2.32. The molecular weight excluding hydrogens is 230 g/mol. The predicted molar refractivity (Wildman–Crippen MR) is 65.0 cm³/mol. The third-order valence-corrected chi connectivity index (χ3v) is 2.60. The number of methoxy groups -OCH3 is 1. The summed E-state index contributed by atoms with van der Waals surface area (Å²) in [6, 6.07) is 7.51. The molecule has 0 aliphatic heterocycles. The number of imidazole rings is 1. The van der Waals surface area contributed by atoms with E-state index in [2.05, 4.69) is 11.1 Å². The van der Waals surface area contributed by atoms with Crippen LogP contribution in [-0.2, 0) is 13.2 Å². The van der Waals surface area contributed by atoms with Crippen LogP contribution in [0.4, 0.5) is 0 Å².